The summed E-state index contributed by atoms with van der Waals surface area (Å²) in [4.78, 5) is 28.7. The Labute approximate surface area is 200 Å². The highest BCUT2D eigenvalue weighted by Crippen LogP contribution is 2.33. The number of unbranched alkanes of at least 4 members (excludes halogenated alkanes) is 1. The molecule has 0 aliphatic heterocycles. The molecule has 5 heteroatoms. The highest BCUT2D eigenvalue weighted by molar-refractivity contribution is 5.98. The van der Waals surface area contributed by atoms with Crippen LogP contribution in [-0.4, -0.2) is 22.0 Å². The van der Waals surface area contributed by atoms with Gasteiger partial charge in [-0.2, -0.15) is 0 Å². The van der Waals surface area contributed by atoms with Crippen molar-refractivity contribution in [1.29, 1.82) is 0 Å². The Kier molecular flexibility index (Phi) is 7.53. The van der Waals surface area contributed by atoms with Gasteiger partial charge >= 0.3 is 5.97 Å². The molecule has 1 aliphatic rings. The number of carbonyl (C=O) groups excluding carboxylic acids is 1. The Morgan fingerprint density at radius 1 is 1.00 bits per heavy atom. The first-order chi connectivity index (χ1) is 16.5. The number of carboxylic acid groups (broad SMARTS) is 1. The van der Waals surface area contributed by atoms with Gasteiger partial charge in [0.05, 0.1) is 11.2 Å². The number of nitrogens with one attached hydrogen (secondary N) is 1. The molecule has 2 N–H and O–H groups in total. The fourth-order valence-corrected chi connectivity index (χ4v) is 4.40. The fraction of sp³-hybridized carbons (Fsp3) is 0.276. The van der Waals surface area contributed by atoms with Crippen LogP contribution in [0.2, 0.25) is 0 Å². The van der Waals surface area contributed by atoms with Crippen LogP contribution >= 0.6 is 0 Å². The lowest BCUT2D eigenvalue weighted by Crippen LogP contribution is -2.22. The van der Waals surface area contributed by atoms with E-state index in [2.05, 4.69) is 42.6 Å². The number of pyridine rings is 1. The number of rotatable bonds is 9. The monoisotopic (exact) mass is 454 g/mol. The minimum atomic E-state index is -0.767. The molecule has 0 radical (unpaired) electrons. The number of aromatic nitrogens is 1. The average molecular weight is 455 g/mol. The van der Waals surface area contributed by atoms with Gasteiger partial charge in [0.1, 0.15) is 0 Å². The van der Waals surface area contributed by atoms with Crippen molar-refractivity contribution in [3.8, 4) is 0 Å². The summed E-state index contributed by atoms with van der Waals surface area (Å²) in [7, 11) is 0. The van der Waals surface area contributed by atoms with Gasteiger partial charge in [0, 0.05) is 29.8 Å². The van der Waals surface area contributed by atoms with E-state index in [-0.39, 0.29) is 18.2 Å². The van der Waals surface area contributed by atoms with Gasteiger partial charge in [-0.1, -0.05) is 61.6 Å². The van der Waals surface area contributed by atoms with Gasteiger partial charge in [0.15, 0.2) is 0 Å². The maximum atomic E-state index is 12.8. The normalized spacial score (nSPS) is 17.1. The molecule has 1 aliphatic carbocycles. The van der Waals surface area contributed by atoms with Crippen LogP contribution in [-0.2, 0) is 17.8 Å². The van der Waals surface area contributed by atoms with Crippen molar-refractivity contribution in [2.75, 3.05) is 0 Å². The van der Waals surface area contributed by atoms with Gasteiger partial charge in [-0.15, -0.1) is 0 Å². The maximum absolute atomic E-state index is 12.8. The third-order valence-corrected chi connectivity index (χ3v) is 6.30. The van der Waals surface area contributed by atoms with Gasteiger partial charge in [0.25, 0.3) is 5.91 Å². The third kappa shape index (κ3) is 5.79. The first-order valence-electron chi connectivity index (χ1n) is 11.8. The summed E-state index contributed by atoms with van der Waals surface area (Å²) in [6.45, 7) is 2.66. The van der Waals surface area contributed by atoms with Crippen LogP contribution in [0.5, 0.6) is 0 Å². The standard InChI is InChI=1S/C29H30N2O3/c1-20-9-5-7-13-25(20)28-22(12-6-8-14-27(32)33)17-24-18-23(15-16-26(24)31-28)29(34)30-19-21-10-3-2-4-11-21/h2-5,7,9-11,13,15-18,20,25H,6,8,12,14,19H2,1H3,(H,30,34)(H,32,33). The quantitative estimate of drug-likeness (QED) is 0.400. The minimum Gasteiger partial charge on any atom is -0.481 e. The first-order valence-corrected chi connectivity index (χ1v) is 11.8. The molecule has 3 aromatic rings. The van der Waals surface area contributed by atoms with Crippen molar-refractivity contribution in [1.82, 2.24) is 10.3 Å². The zero-order valence-electron chi connectivity index (χ0n) is 19.4. The summed E-state index contributed by atoms with van der Waals surface area (Å²) in [5.41, 5.74) is 4.67. The minimum absolute atomic E-state index is 0.119. The van der Waals surface area contributed by atoms with Crippen LogP contribution in [0.25, 0.3) is 10.9 Å². The molecule has 4 rings (SSSR count). The highest BCUT2D eigenvalue weighted by Gasteiger charge is 2.22. The van der Waals surface area contributed by atoms with Crippen molar-refractivity contribution < 1.29 is 14.7 Å². The molecule has 2 atom stereocenters. The molecule has 1 heterocycles. The largest absolute Gasteiger partial charge is 0.481 e. The summed E-state index contributed by atoms with van der Waals surface area (Å²) < 4.78 is 0. The Hall–Kier alpha value is -3.73. The molecule has 2 unspecified atom stereocenters. The lowest BCUT2D eigenvalue weighted by atomic mass is 9.84. The second kappa shape index (κ2) is 10.9. The van der Waals surface area contributed by atoms with E-state index in [0.717, 1.165) is 40.6 Å². The zero-order chi connectivity index (χ0) is 23.9. The van der Waals surface area contributed by atoms with E-state index in [1.807, 2.05) is 48.5 Å². The fourth-order valence-electron chi connectivity index (χ4n) is 4.40. The van der Waals surface area contributed by atoms with E-state index in [1.54, 1.807) is 0 Å². The van der Waals surface area contributed by atoms with Crippen molar-refractivity contribution in [2.24, 2.45) is 5.92 Å². The van der Waals surface area contributed by atoms with Gasteiger partial charge in [0.2, 0.25) is 0 Å². The van der Waals surface area contributed by atoms with Crippen LogP contribution in [0.3, 0.4) is 0 Å². The molecule has 0 spiro atoms. The molecule has 0 saturated heterocycles. The van der Waals surface area contributed by atoms with Crippen LogP contribution < -0.4 is 5.32 Å². The van der Waals surface area contributed by atoms with E-state index in [9.17, 15) is 9.59 Å². The zero-order valence-corrected chi connectivity index (χ0v) is 19.4. The highest BCUT2D eigenvalue weighted by atomic mass is 16.4. The summed E-state index contributed by atoms with van der Waals surface area (Å²) in [6, 6.07) is 17.6. The predicted octanol–water partition coefficient (Wildman–Crippen LogP) is 5.81. The number of amides is 1. The van der Waals surface area contributed by atoms with Crippen molar-refractivity contribution in [3.63, 3.8) is 0 Å². The number of allylic oxidation sites excluding steroid dienone is 4. The van der Waals surface area contributed by atoms with Crippen LogP contribution in [0, 0.1) is 5.92 Å². The number of hydrogen-bond donors (Lipinski definition) is 2. The molecular formula is C29H30N2O3. The maximum Gasteiger partial charge on any atom is 0.303 e. The molecule has 0 fully saturated rings. The number of fused-ring (bicyclic) bond motifs is 1. The Morgan fingerprint density at radius 3 is 2.56 bits per heavy atom. The van der Waals surface area contributed by atoms with E-state index in [0.29, 0.717) is 24.4 Å². The van der Waals surface area contributed by atoms with Crippen molar-refractivity contribution in [3.05, 3.63) is 101 Å². The number of carboxylic acids is 1. The van der Waals surface area contributed by atoms with Gasteiger partial charge in [-0.3, -0.25) is 14.6 Å². The molecule has 1 aromatic heterocycles. The Balaban J connectivity index is 1.59. The van der Waals surface area contributed by atoms with Crippen LogP contribution in [0.15, 0.2) is 78.9 Å². The van der Waals surface area contributed by atoms with E-state index >= 15 is 0 Å². The van der Waals surface area contributed by atoms with Crippen molar-refractivity contribution in [2.45, 2.75) is 45.1 Å². The molecule has 1 amide bonds. The van der Waals surface area contributed by atoms with Gasteiger partial charge < -0.3 is 10.4 Å². The van der Waals surface area contributed by atoms with E-state index in [4.69, 9.17) is 10.1 Å². The summed E-state index contributed by atoms with van der Waals surface area (Å²) in [5.74, 6) is -0.378. The molecule has 2 aromatic carbocycles. The third-order valence-electron chi connectivity index (χ3n) is 6.30. The number of carbonyl (C=O) groups is 2. The van der Waals surface area contributed by atoms with Crippen molar-refractivity contribution >= 4 is 22.8 Å². The topological polar surface area (TPSA) is 79.3 Å². The van der Waals surface area contributed by atoms with Gasteiger partial charge in [-0.25, -0.2) is 0 Å². The van der Waals surface area contributed by atoms with Gasteiger partial charge in [-0.05, 0) is 60.6 Å². The number of aryl methyl sites for hydroxylation is 1. The molecular weight excluding hydrogens is 424 g/mol. The first kappa shape index (κ1) is 23.4. The molecule has 174 valence electrons. The van der Waals surface area contributed by atoms with E-state index in [1.165, 1.54) is 0 Å². The molecule has 5 nitrogen and oxygen atoms in total. The Bertz CT molecular complexity index is 1230. The SMILES string of the molecule is CC1C=CC=CC1c1nc2ccc(C(=O)NCc3ccccc3)cc2cc1CCCCC(=O)O. The summed E-state index contributed by atoms with van der Waals surface area (Å²) in [6.07, 6.45) is 10.8. The molecule has 0 bridgehead atoms. The van der Waals surface area contributed by atoms with E-state index < -0.39 is 5.97 Å². The smallest absolute Gasteiger partial charge is 0.303 e. The van der Waals surface area contributed by atoms with Crippen LogP contribution in [0.4, 0.5) is 0 Å². The molecule has 0 saturated carbocycles. The number of nitrogens with zero attached hydrogens (tertiary/aromatic N) is 1. The summed E-state index contributed by atoms with van der Waals surface area (Å²) >= 11 is 0. The second-order valence-electron chi connectivity index (χ2n) is 8.86. The molecule has 34 heavy (non-hydrogen) atoms. The number of hydrogen-bond acceptors (Lipinski definition) is 3. The van der Waals surface area contributed by atoms with Crippen LogP contribution in [0.1, 0.15) is 59.3 Å². The lowest BCUT2D eigenvalue weighted by molar-refractivity contribution is -0.137. The second-order valence-corrected chi connectivity index (χ2v) is 8.86. The predicted molar refractivity (Wildman–Crippen MR) is 135 cm³/mol. The Morgan fingerprint density at radius 2 is 1.79 bits per heavy atom. The lowest BCUT2D eigenvalue weighted by Gasteiger charge is -2.23. The number of benzene rings is 2. The number of aliphatic carboxylic acids is 1. The summed E-state index contributed by atoms with van der Waals surface area (Å²) in [5, 5.41) is 12.9. The average Bonchev–Trinajstić information content (AvgIpc) is 2.85.